The van der Waals surface area contributed by atoms with Crippen LogP contribution in [0.4, 0.5) is 0 Å². The summed E-state index contributed by atoms with van der Waals surface area (Å²) in [5, 5.41) is 15.1. The van der Waals surface area contributed by atoms with Crippen LogP contribution < -0.4 is 5.73 Å². The number of thiazole rings is 1. The summed E-state index contributed by atoms with van der Waals surface area (Å²) in [6.07, 6.45) is 3.75. The first kappa shape index (κ1) is 17.0. The molecule has 3 aromatic heterocycles. The minimum Gasteiger partial charge on any atom is -0.492 e. The van der Waals surface area contributed by atoms with Gasteiger partial charge in [-0.1, -0.05) is 18.3 Å². The van der Waals surface area contributed by atoms with E-state index >= 15 is 0 Å². The standard InChI is InChI=1S/C17H21N5O3S/c1-2-12-19-17-22(20-12)16(24)14(26-17)13(11-4-3-9-25-11)21-7-5-10(6-8-21)15(18)23/h3-4,9-10,13,24H,2,5-8H2,1H3,(H2,18,23). The number of rotatable bonds is 5. The lowest BCUT2D eigenvalue weighted by atomic mass is 9.94. The zero-order chi connectivity index (χ0) is 18.3. The summed E-state index contributed by atoms with van der Waals surface area (Å²) in [7, 11) is 0. The highest BCUT2D eigenvalue weighted by molar-refractivity contribution is 7.17. The molecule has 9 heteroatoms. The van der Waals surface area contributed by atoms with Crippen LogP contribution in [0.2, 0.25) is 0 Å². The molecule has 4 heterocycles. The average molecular weight is 375 g/mol. The molecule has 1 aliphatic rings. The first-order valence-corrected chi connectivity index (χ1v) is 9.54. The van der Waals surface area contributed by atoms with E-state index in [4.69, 9.17) is 10.2 Å². The number of aromatic hydroxyl groups is 1. The Hall–Kier alpha value is -2.39. The predicted octanol–water partition coefficient (Wildman–Crippen LogP) is 1.94. The summed E-state index contributed by atoms with van der Waals surface area (Å²) in [4.78, 5) is 19.5. The Kier molecular flexibility index (Phi) is 4.41. The second kappa shape index (κ2) is 6.73. The van der Waals surface area contributed by atoms with Gasteiger partial charge in [-0.3, -0.25) is 9.69 Å². The van der Waals surface area contributed by atoms with E-state index in [-0.39, 0.29) is 23.7 Å². The van der Waals surface area contributed by atoms with E-state index in [2.05, 4.69) is 15.0 Å². The summed E-state index contributed by atoms with van der Waals surface area (Å²) >= 11 is 1.41. The normalized spacial score (nSPS) is 17.7. The molecule has 0 radical (unpaired) electrons. The second-order valence-electron chi connectivity index (χ2n) is 6.50. The molecule has 138 valence electrons. The van der Waals surface area contributed by atoms with E-state index in [1.165, 1.54) is 15.9 Å². The number of furan rings is 1. The topological polar surface area (TPSA) is 110 Å². The van der Waals surface area contributed by atoms with Crippen LogP contribution >= 0.6 is 11.3 Å². The quantitative estimate of drug-likeness (QED) is 0.705. The van der Waals surface area contributed by atoms with Gasteiger partial charge in [-0.15, -0.1) is 5.10 Å². The third-order valence-corrected chi connectivity index (χ3v) is 5.99. The highest BCUT2D eigenvalue weighted by Gasteiger charge is 2.34. The van der Waals surface area contributed by atoms with Crippen LogP contribution in [0.5, 0.6) is 5.88 Å². The van der Waals surface area contributed by atoms with Crippen LogP contribution in [0.3, 0.4) is 0 Å². The van der Waals surface area contributed by atoms with E-state index in [0.717, 1.165) is 10.6 Å². The number of nitrogens with zero attached hydrogens (tertiary/aromatic N) is 4. The van der Waals surface area contributed by atoms with Crippen molar-refractivity contribution in [1.29, 1.82) is 0 Å². The van der Waals surface area contributed by atoms with Gasteiger partial charge >= 0.3 is 0 Å². The molecule has 1 atom stereocenters. The van der Waals surface area contributed by atoms with Crippen LogP contribution in [0.15, 0.2) is 22.8 Å². The van der Waals surface area contributed by atoms with Gasteiger partial charge < -0.3 is 15.3 Å². The van der Waals surface area contributed by atoms with E-state index in [9.17, 15) is 9.90 Å². The van der Waals surface area contributed by atoms with Gasteiger partial charge in [0.2, 0.25) is 16.7 Å². The second-order valence-corrected chi connectivity index (χ2v) is 7.51. The largest absolute Gasteiger partial charge is 0.492 e. The van der Waals surface area contributed by atoms with Gasteiger partial charge in [0.15, 0.2) is 5.82 Å². The number of hydrogen-bond acceptors (Lipinski definition) is 7. The van der Waals surface area contributed by atoms with E-state index in [1.807, 2.05) is 19.1 Å². The SMILES string of the molecule is CCc1nc2sc(C(c3ccco3)N3CCC(C(N)=O)CC3)c(O)n2n1. The number of amides is 1. The molecule has 0 aliphatic carbocycles. The van der Waals surface area contributed by atoms with E-state index in [0.29, 0.717) is 43.1 Å². The molecular formula is C17H21N5O3S. The van der Waals surface area contributed by atoms with Gasteiger partial charge in [-0.25, -0.2) is 4.98 Å². The molecule has 26 heavy (non-hydrogen) atoms. The Morgan fingerprint density at radius 3 is 2.85 bits per heavy atom. The Bertz CT molecular complexity index is 909. The summed E-state index contributed by atoms with van der Waals surface area (Å²) in [6, 6.07) is 3.50. The number of nitrogens with two attached hydrogens (primary N) is 1. The first-order chi connectivity index (χ1) is 12.6. The lowest BCUT2D eigenvalue weighted by Gasteiger charge is -2.35. The molecule has 4 rings (SSSR count). The smallest absolute Gasteiger partial charge is 0.230 e. The van der Waals surface area contributed by atoms with Gasteiger partial charge in [-0.05, 0) is 38.1 Å². The zero-order valence-electron chi connectivity index (χ0n) is 14.5. The fourth-order valence-corrected chi connectivity index (χ4v) is 4.60. The van der Waals surface area contributed by atoms with Gasteiger partial charge in [-0.2, -0.15) is 4.52 Å². The van der Waals surface area contributed by atoms with Crippen molar-refractivity contribution in [2.24, 2.45) is 11.7 Å². The van der Waals surface area contributed by atoms with Crippen LogP contribution in [-0.2, 0) is 11.2 Å². The maximum absolute atomic E-state index is 11.5. The molecule has 3 N–H and O–H groups in total. The average Bonchev–Trinajstić information content (AvgIpc) is 3.35. The Morgan fingerprint density at radius 1 is 1.50 bits per heavy atom. The van der Waals surface area contributed by atoms with Gasteiger partial charge in [0, 0.05) is 12.3 Å². The lowest BCUT2D eigenvalue weighted by Crippen LogP contribution is -2.40. The van der Waals surface area contributed by atoms with Crippen LogP contribution in [0.25, 0.3) is 4.96 Å². The number of piperidine rings is 1. The third-order valence-electron chi connectivity index (χ3n) is 4.92. The molecule has 1 fully saturated rings. The maximum atomic E-state index is 11.5. The molecule has 1 aliphatic heterocycles. The molecule has 0 saturated carbocycles. The van der Waals surface area contributed by atoms with Crippen molar-refractivity contribution in [3.05, 3.63) is 34.9 Å². The predicted molar refractivity (Wildman–Crippen MR) is 95.9 cm³/mol. The van der Waals surface area contributed by atoms with Crippen molar-refractivity contribution in [2.75, 3.05) is 13.1 Å². The number of primary amides is 1. The van der Waals surface area contributed by atoms with Crippen molar-refractivity contribution in [1.82, 2.24) is 19.5 Å². The molecular weight excluding hydrogens is 354 g/mol. The van der Waals surface area contributed by atoms with E-state index in [1.54, 1.807) is 6.26 Å². The van der Waals surface area contributed by atoms with Gasteiger partial charge in [0.05, 0.1) is 11.1 Å². The van der Waals surface area contributed by atoms with Gasteiger partial charge in [0.1, 0.15) is 11.8 Å². The molecule has 1 saturated heterocycles. The molecule has 0 spiro atoms. The monoisotopic (exact) mass is 375 g/mol. The number of carbonyl (C=O) groups excluding carboxylic acids is 1. The highest BCUT2D eigenvalue weighted by Crippen LogP contribution is 2.41. The number of aryl methyl sites for hydroxylation is 1. The Labute approximate surface area is 154 Å². The van der Waals surface area contributed by atoms with Crippen molar-refractivity contribution >= 4 is 22.2 Å². The number of likely N-dealkylation sites (tertiary alicyclic amines) is 1. The molecule has 3 aromatic rings. The first-order valence-electron chi connectivity index (χ1n) is 8.72. The van der Waals surface area contributed by atoms with Crippen molar-refractivity contribution in [2.45, 2.75) is 32.2 Å². The van der Waals surface area contributed by atoms with Gasteiger partial charge in [0.25, 0.3) is 0 Å². The Balaban J connectivity index is 1.70. The highest BCUT2D eigenvalue weighted by atomic mass is 32.1. The third kappa shape index (κ3) is 2.86. The number of aromatic nitrogens is 3. The minimum absolute atomic E-state index is 0.0912. The van der Waals surface area contributed by atoms with Crippen LogP contribution in [-0.4, -0.2) is 43.6 Å². The fraction of sp³-hybridized carbons (Fsp3) is 0.471. The summed E-state index contributed by atoms with van der Waals surface area (Å²) in [5.74, 6) is 1.21. The Morgan fingerprint density at radius 2 is 2.27 bits per heavy atom. The molecule has 8 nitrogen and oxygen atoms in total. The number of carbonyl (C=O) groups is 1. The lowest BCUT2D eigenvalue weighted by molar-refractivity contribution is -0.123. The molecule has 1 amide bonds. The molecule has 1 unspecified atom stereocenters. The molecule has 0 bridgehead atoms. The van der Waals surface area contributed by atoms with Crippen LogP contribution in [0, 0.1) is 5.92 Å². The number of fused-ring (bicyclic) bond motifs is 1. The number of hydrogen-bond donors (Lipinski definition) is 2. The molecule has 0 aromatic carbocycles. The zero-order valence-corrected chi connectivity index (χ0v) is 15.3. The summed E-state index contributed by atoms with van der Waals surface area (Å²) in [6.45, 7) is 3.38. The minimum atomic E-state index is -0.243. The summed E-state index contributed by atoms with van der Waals surface area (Å²) < 4.78 is 7.15. The van der Waals surface area contributed by atoms with Crippen molar-refractivity contribution in [3.63, 3.8) is 0 Å². The fourth-order valence-electron chi connectivity index (χ4n) is 3.48. The van der Waals surface area contributed by atoms with Crippen LogP contribution in [0.1, 0.15) is 42.3 Å². The van der Waals surface area contributed by atoms with Crippen molar-refractivity contribution in [3.8, 4) is 5.88 Å². The van der Waals surface area contributed by atoms with E-state index < -0.39 is 0 Å². The van der Waals surface area contributed by atoms with Crippen molar-refractivity contribution < 1.29 is 14.3 Å². The maximum Gasteiger partial charge on any atom is 0.230 e. The summed E-state index contributed by atoms with van der Waals surface area (Å²) in [5.41, 5.74) is 5.45.